The van der Waals surface area contributed by atoms with Crippen molar-refractivity contribution < 1.29 is 4.79 Å². The van der Waals surface area contributed by atoms with E-state index in [9.17, 15) is 14.4 Å². The highest BCUT2D eigenvalue weighted by atomic mass is 35.5. The van der Waals surface area contributed by atoms with E-state index in [2.05, 4.69) is 15.5 Å². The highest BCUT2D eigenvalue weighted by Gasteiger charge is 2.16. The average Bonchev–Trinajstić information content (AvgIpc) is 3.06. The van der Waals surface area contributed by atoms with Crippen LogP contribution >= 0.6 is 23.2 Å². The minimum Gasteiger partial charge on any atom is -0.315 e. The summed E-state index contributed by atoms with van der Waals surface area (Å²) in [6, 6.07) is 4.95. The van der Waals surface area contributed by atoms with Gasteiger partial charge in [-0.2, -0.15) is 5.10 Å². The van der Waals surface area contributed by atoms with Crippen molar-refractivity contribution in [2.75, 3.05) is 0 Å². The largest absolute Gasteiger partial charge is 0.332 e. The summed E-state index contributed by atoms with van der Waals surface area (Å²) in [6.07, 6.45) is 1.33. The quantitative estimate of drug-likeness (QED) is 0.505. The lowest BCUT2D eigenvalue weighted by molar-refractivity contribution is -0.121. The van der Waals surface area contributed by atoms with Gasteiger partial charge in [0.05, 0.1) is 17.1 Å². The zero-order valence-corrected chi connectivity index (χ0v) is 16.7. The second-order valence-corrected chi connectivity index (χ2v) is 6.95. The minimum absolute atomic E-state index is 0.154. The summed E-state index contributed by atoms with van der Waals surface area (Å²) in [5.41, 5.74) is 2.87. The van der Waals surface area contributed by atoms with E-state index in [-0.39, 0.29) is 17.7 Å². The fourth-order valence-electron chi connectivity index (χ4n) is 2.70. The van der Waals surface area contributed by atoms with E-state index in [1.165, 1.54) is 29.6 Å². The van der Waals surface area contributed by atoms with Gasteiger partial charge in [0.1, 0.15) is 6.54 Å². The number of amides is 1. The van der Waals surface area contributed by atoms with Crippen LogP contribution in [-0.4, -0.2) is 30.3 Å². The Morgan fingerprint density at radius 1 is 1.21 bits per heavy atom. The van der Waals surface area contributed by atoms with Gasteiger partial charge < -0.3 is 4.57 Å². The summed E-state index contributed by atoms with van der Waals surface area (Å²) >= 11 is 12.0. The molecule has 3 aromatic rings. The van der Waals surface area contributed by atoms with Gasteiger partial charge >= 0.3 is 5.69 Å². The molecule has 146 valence electrons. The third kappa shape index (κ3) is 3.58. The zero-order valence-electron chi connectivity index (χ0n) is 15.2. The van der Waals surface area contributed by atoms with E-state index in [0.29, 0.717) is 21.3 Å². The molecule has 0 aliphatic carbocycles. The smallest absolute Gasteiger partial charge is 0.315 e. The predicted molar refractivity (Wildman–Crippen MR) is 107 cm³/mol. The third-order valence-corrected chi connectivity index (χ3v) is 4.75. The SMILES string of the molecule is C/C(=N/NC(=O)Cn1cnc2c1c(=O)n(C)c(=O)n2C)c1ccc(Cl)cc1Cl. The van der Waals surface area contributed by atoms with Gasteiger partial charge in [-0.15, -0.1) is 0 Å². The van der Waals surface area contributed by atoms with Crippen molar-refractivity contribution in [1.82, 2.24) is 24.1 Å². The number of benzene rings is 1. The summed E-state index contributed by atoms with van der Waals surface area (Å²) in [7, 11) is 2.87. The van der Waals surface area contributed by atoms with Crippen molar-refractivity contribution in [3.63, 3.8) is 0 Å². The number of nitrogens with one attached hydrogen (secondary N) is 1. The van der Waals surface area contributed by atoms with Gasteiger partial charge in [-0.1, -0.05) is 29.3 Å². The Morgan fingerprint density at radius 2 is 1.93 bits per heavy atom. The molecule has 0 fully saturated rings. The van der Waals surface area contributed by atoms with Crippen molar-refractivity contribution in [2.45, 2.75) is 13.5 Å². The Labute approximate surface area is 168 Å². The van der Waals surface area contributed by atoms with Crippen LogP contribution in [0.4, 0.5) is 0 Å². The van der Waals surface area contributed by atoms with Gasteiger partial charge in [0, 0.05) is 24.7 Å². The fraction of sp³-hybridized carbons (Fsp3) is 0.235. The van der Waals surface area contributed by atoms with Crippen LogP contribution in [0, 0.1) is 0 Å². The molecule has 2 heterocycles. The number of carbonyl (C=O) groups excluding carboxylic acids is 1. The van der Waals surface area contributed by atoms with E-state index in [1.807, 2.05) is 0 Å². The first kappa shape index (κ1) is 19.8. The molecule has 0 radical (unpaired) electrons. The number of hydrogen-bond donors (Lipinski definition) is 1. The number of aromatic nitrogens is 4. The molecule has 0 spiro atoms. The molecule has 0 aliphatic rings. The average molecular weight is 423 g/mol. The molecule has 1 aromatic carbocycles. The van der Waals surface area contributed by atoms with Crippen LogP contribution in [0.1, 0.15) is 12.5 Å². The van der Waals surface area contributed by atoms with Crippen molar-refractivity contribution >= 4 is 46.0 Å². The fourth-order valence-corrected chi connectivity index (χ4v) is 3.24. The van der Waals surface area contributed by atoms with E-state index >= 15 is 0 Å². The first-order valence-corrected chi connectivity index (χ1v) is 8.85. The Kier molecular flexibility index (Phi) is 5.39. The highest BCUT2D eigenvalue weighted by molar-refractivity contribution is 6.37. The van der Waals surface area contributed by atoms with Crippen LogP contribution in [0.15, 0.2) is 39.2 Å². The summed E-state index contributed by atoms with van der Waals surface area (Å²) in [5.74, 6) is -0.473. The van der Waals surface area contributed by atoms with E-state index in [0.717, 1.165) is 4.57 Å². The minimum atomic E-state index is -0.531. The monoisotopic (exact) mass is 422 g/mol. The molecule has 0 saturated carbocycles. The first-order valence-electron chi connectivity index (χ1n) is 8.10. The molecule has 1 N–H and O–H groups in total. The van der Waals surface area contributed by atoms with Crippen LogP contribution in [0.25, 0.3) is 11.2 Å². The van der Waals surface area contributed by atoms with E-state index in [4.69, 9.17) is 23.2 Å². The second-order valence-electron chi connectivity index (χ2n) is 6.11. The summed E-state index contributed by atoms with van der Waals surface area (Å²) < 4.78 is 3.58. The van der Waals surface area contributed by atoms with Gasteiger partial charge in [-0.3, -0.25) is 18.7 Å². The molecule has 0 bridgehead atoms. The normalized spacial score (nSPS) is 11.8. The molecule has 0 atom stereocenters. The first-order chi connectivity index (χ1) is 13.2. The second kappa shape index (κ2) is 7.61. The number of nitrogens with zero attached hydrogens (tertiary/aromatic N) is 5. The van der Waals surface area contributed by atoms with Gasteiger partial charge in [-0.25, -0.2) is 15.2 Å². The lowest BCUT2D eigenvalue weighted by atomic mass is 10.1. The number of halogens is 2. The van der Waals surface area contributed by atoms with E-state index in [1.54, 1.807) is 25.1 Å². The maximum atomic E-state index is 12.4. The van der Waals surface area contributed by atoms with Gasteiger partial charge in [0.15, 0.2) is 11.2 Å². The summed E-state index contributed by atoms with van der Waals surface area (Å²) in [4.78, 5) is 40.7. The summed E-state index contributed by atoms with van der Waals surface area (Å²) in [6.45, 7) is 1.49. The van der Waals surface area contributed by atoms with Crippen LogP contribution < -0.4 is 16.7 Å². The van der Waals surface area contributed by atoms with Crippen molar-refractivity contribution in [2.24, 2.45) is 19.2 Å². The molecule has 28 heavy (non-hydrogen) atoms. The zero-order chi connectivity index (χ0) is 20.6. The lowest BCUT2D eigenvalue weighted by Gasteiger charge is -2.07. The van der Waals surface area contributed by atoms with Crippen molar-refractivity contribution in [3.05, 3.63) is 61.0 Å². The van der Waals surface area contributed by atoms with Crippen LogP contribution in [0.2, 0.25) is 10.0 Å². The molecule has 0 unspecified atom stereocenters. The Hall–Kier alpha value is -2.91. The predicted octanol–water partition coefficient (Wildman–Crippen LogP) is 1.28. The standard InChI is InChI=1S/C17H16Cl2N6O3/c1-9(11-5-4-10(18)6-12(11)19)21-22-13(26)7-25-8-20-15-14(25)16(27)24(3)17(28)23(15)2/h4-6,8H,7H2,1-3H3,(H,22,26)/b21-9-. The van der Waals surface area contributed by atoms with Crippen molar-refractivity contribution in [1.29, 1.82) is 0 Å². The molecule has 0 saturated heterocycles. The van der Waals surface area contributed by atoms with Crippen LogP contribution in [-0.2, 0) is 25.4 Å². The highest BCUT2D eigenvalue weighted by Crippen LogP contribution is 2.21. The Morgan fingerprint density at radius 3 is 2.61 bits per heavy atom. The molecule has 1 amide bonds. The van der Waals surface area contributed by atoms with Gasteiger partial charge in [-0.05, 0) is 19.1 Å². The molecular formula is C17H16Cl2N6O3. The number of fused-ring (bicyclic) bond motifs is 1. The maximum absolute atomic E-state index is 12.4. The number of aryl methyl sites for hydroxylation is 1. The molecular weight excluding hydrogens is 407 g/mol. The number of hydrogen-bond acceptors (Lipinski definition) is 5. The van der Waals surface area contributed by atoms with Gasteiger partial charge in [0.2, 0.25) is 0 Å². The molecule has 9 nitrogen and oxygen atoms in total. The summed E-state index contributed by atoms with van der Waals surface area (Å²) in [5, 5.41) is 4.94. The van der Waals surface area contributed by atoms with E-state index < -0.39 is 17.2 Å². The topological polar surface area (TPSA) is 103 Å². The maximum Gasteiger partial charge on any atom is 0.332 e. The molecule has 2 aromatic heterocycles. The third-order valence-electron chi connectivity index (χ3n) is 4.20. The van der Waals surface area contributed by atoms with Gasteiger partial charge in [0.25, 0.3) is 11.5 Å². The number of rotatable bonds is 4. The number of hydrazone groups is 1. The molecule has 0 aliphatic heterocycles. The van der Waals surface area contributed by atoms with Crippen LogP contribution in [0.5, 0.6) is 0 Å². The molecule has 3 rings (SSSR count). The van der Waals surface area contributed by atoms with Crippen LogP contribution in [0.3, 0.4) is 0 Å². The Bertz CT molecular complexity index is 1240. The number of carbonyl (C=O) groups is 1. The lowest BCUT2D eigenvalue weighted by Crippen LogP contribution is -2.38. The molecule has 11 heteroatoms. The number of imidazole rings is 1. The Balaban J connectivity index is 1.84. The van der Waals surface area contributed by atoms with Crippen molar-refractivity contribution in [3.8, 4) is 0 Å².